The first-order valence-electron chi connectivity index (χ1n) is 11.0. The first kappa shape index (κ1) is 26.1. The number of carbonyl (C=O) groups is 2. The number of non-ortho nitro benzene ring substituents is 1. The maximum Gasteiger partial charge on any atom is 0.335 e. The van der Waals surface area contributed by atoms with E-state index in [-0.39, 0.29) is 23.8 Å². The number of amides is 1. The van der Waals surface area contributed by atoms with E-state index in [2.05, 4.69) is 20.9 Å². The zero-order chi connectivity index (χ0) is 26.5. The lowest BCUT2D eigenvalue weighted by molar-refractivity contribution is -0.384. The van der Waals surface area contributed by atoms with Crippen molar-refractivity contribution in [3.8, 4) is 5.75 Å². The highest BCUT2D eigenvalue weighted by Gasteiger charge is 2.32. The van der Waals surface area contributed by atoms with Crippen molar-refractivity contribution in [1.29, 1.82) is 0 Å². The lowest BCUT2D eigenvalue weighted by atomic mass is 10.1. The zero-order valence-electron chi connectivity index (χ0n) is 19.5. The van der Waals surface area contributed by atoms with Gasteiger partial charge in [0.2, 0.25) is 0 Å². The summed E-state index contributed by atoms with van der Waals surface area (Å²) in [4.78, 5) is 41.4. The summed E-state index contributed by atoms with van der Waals surface area (Å²) in [6.07, 6.45) is 1.72. The molecule has 9 nitrogen and oxygen atoms in total. The van der Waals surface area contributed by atoms with Crippen LogP contribution in [0.2, 0.25) is 0 Å². The Morgan fingerprint density at radius 1 is 1.19 bits per heavy atom. The summed E-state index contributed by atoms with van der Waals surface area (Å²) in [5.41, 5.74) is 1.96. The van der Waals surface area contributed by atoms with Crippen molar-refractivity contribution in [3.05, 3.63) is 103 Å². The first-order chi connectivity index (χ1) is 17.7. The number of aliphatic imine (C=N–C) groups is 1. The lowest BCUT2D eigenvalue weighted by Gasteiger charge is -2.12. The fourth-order valence-corrected chi connectivity index (χ4v) is 4.92. The number of aromatic carboxylic acids is 1. The molecule has 0 spiro atoms. The second kappa shape index (κ2) is 11.4. The summed E-state index contributed by atoms with van der Waals surface area (Å²) >= 11 is 4.66. The molecule has 1 heterocycles. The molecule has 0 aromatic heterocycles. The van der Waals surface area contributed by atoms with Crippen molar-refractivity contribution < 1.29 is 24.4 Å². The monoisotopic (exact) mass is 581 g/mol. The van der Waals surface area contributed by atoms with Crippen LogP contribution in [-0.4, -0.2) is 38.5 Å². The fourth-order valence-electron chi connectivity index (χ4n) is 3.48. The summed E-state index contributed by atoms with van der Waals surface area (Å²) in [6, 6.07) is 17.7. The molecule has 11 heteroatoms. The zero-order valence-corrected chi connectivity index (χ0v) is 21.9. The Balaban J connectivity index is 1.60. The van der Waals surface area contributed by atoms with Gasteiger partial charge in [-0.25, -0.2) is 9.79 Å². The van der Waals surface area contributed by atoms with E-state index in [1.54, 1.807) is 47.4 Å². The molecule has 1 aliphatic heterocycles. The van der Waals surface area contributed by atoms with E-state index in [1.165, 1.54) is 36.0 Å². The summed E-state index contributed by atoms with van der Waals surface area (Å²) in [5, 5.41) is 20.6. The first-order valence-corrected chi connectivity index (χ1v) is 12.6. The molecular formula is C26H20BrN3O6S. The SMILES string of the molecule is CCN1C(=O)C(=Cc2cc(Br)ccc2OCc2cccc([N+](=O)[O-])c2)SC1=Nc1ccc(C(=O)O)cc1. The van der Waals surface area contributed by atoms with Crippen LogP contribution in [0.25, 0.3) is 6.08 Å². The molecule has 1 saturated heterocycles. The predicted molar refractivity (Wildman–Crippen MR) is 145 cm³/mol. The minimum Gasteiger partial charge on any atom is -0.488 e. The molecule has 1 amide bonds. The normalized spacial score (nSPS) is 15.4. The number of benzene rings is 3. The summed E-state index contributed by atoms with van der Waals surface area (Å²) in [7, 11) is 0. The van der Waals surface area contributed by atoms with Gasteiger partial charge in [-0.3, -0.25) is 19.8 Å². The van der Waals surface area contributed by atoms with Gasteiger partial charge in [0.15, 0.2) is 5.17 Å². The molecule has 37 heavy (non-hydrogen) atoms. The highest BCUT2D eigenvalue weighted by atomic mass is 79.9. The number of thioether (sulfide) groups is 1. The molecule has 1 aliphatic rings. The number of amidine groups is 1. The maximum absolute atomic E-state index is 13.1. The predicted octanol–water partition coefficient (Wildman–Crippen LogP) is 6.26. The molecule has 4 rings (SSSR count). The molecule has 3 aromatic rings. The molecule has 0 atom stereocenters. The molecule has 0 radical (unpaired) electrons. The van der Waals surface area contributed by atoms with Crippen LogP contribution in [0.1, 0.15) is 28.4 Å². The number of hydrogen-bond donors (Lipinski definition) is 1. The number of carbonyl (C=O) groups excluding carboxylic acids is 1. The largest absolute Gasteiger partial charge is 0.488 e. The molecule has 0 bridgehead atoms. The van der Waals surface area contributed by atoms with Gasteiger partial charge >= 0.3 is 5.97 Å². The Morgan fingerprint density at radius 2 is 1.95 bits per heavy atom. The summed E-state index contributed by atoms with van der Waals surface area (Å²) in [5.74, 6) is -0.728. The highest BCUT2D eigenvalue weighted by molar-refractivity contribution is 9.10. The van der Waals surface area contributed by atoms with Gasteiger partial charge in [0.05, 0.1) is 21.1 Å². The van der Waals surface area contributed by atoms with Crippen LogP contribution in [-0.2, 0) is 11.4 Å². The van der Waals surface area contributed by atoms with E-state index < -0.39 is 10.9 Å². The summed E-state index contributed by atoms with van der Waals surface area (Å²) in [6.45, 7) is 2.36. The molecular weight excluding hydrogens is 562 g/mol. The van der Waals surface area contributed by atoms with Gasteiger partial charge in [0, 0.05) is 28.7 Å². The number of likely N-dealkylation sites (N-methyl/N-ethyl adjacent to an activating group) is 1. The molecule has 3 aromatic carbocycles. The standard InChI is InChI=1S/C26H20BrN3O6S/c1-2-29-24(31)23(37-26(29)28-20-9-6-17(7-10-20)25(32)33)14-18-13-19(27)8-11-22(18)36-15-16-4-3-5-21(12-16)30(34)35/h3-14H,2,15H2,1H3,(H,32,33). The van der Waals surface area contributed by atoms with Crippen molar-refractivity contribution in [2.24, 2.45) is 4.99 Å². The Bertz CT molecular complexity index is 1440. The second-order valence-corrected chi connectivity index (χ2v) is 9.73. The third-order valence-corrected chi connectivity index (χ3v) is 6.82. The van der Waals surface area contributed by atoms with Crippen molar-refractivity contribution in [2.75, 3.05) is 6.54 Å². The molecule has 0 aliphatic carbocycles. The van der Waals surface area contributed by atoms with Crippen LogP contribution in [0, 0.1) is 10.1 Å². The van der Waals surface area contributed by atoms with Crippen molar-refractivity contribution in [1.82, 2.24) is 4.90 Å². The number of carboxylic acids is 1. The Hall–Kier alpha value is -3.96. The van der Waals surface area contributed by atoms with E-state index in [1.807, 2.05) is 13.0 Å². The minimum atomic E-state index is -1.03. The number of ether oxygens (including phenoxy) is 1. The maximum atomic E-state index is 13.1. The third kappa shape index (κ3) is 6.25. The van der Waals surface area contributed by atoms with Gasteiger partial charge in [-0.05, 0) is 72.8 Å². The molecule has 0 saturated carbocycles. The molecule has 1 fully saturated rings. The number of hydrogen-bond acceptors (Lipinski definition) is 7. The van der Waals surface area contributed by atoms with E-state index >= 15 is 0 Å². The number of halogens is 1. The number of carboxylic acid groups (broad SMARTS) is 1. The van der Waals surface area contributed by atoms with E-state index in [0.717, 1.165) is 4.47 Å². The van der Waals surface area contributed by atoms with Gasteiger partial charge in [-0.15, -0.1) is 0 Å². The van der Waals surface area contributed by atoms with Gasteiger partial charge < -0.3 is 9.84 Å². The average Bonchev–Trinajstić information content (AvgIpc) is 3.17. The Labute approximate surface area is 224 Å². The van der Waals surface area contributed by atoms with Gasteiger partial charge in [0.25, 0.3) is 11.6 Å². The molecule has 0 unspecified atom stereocenters. The van der Waals surface area contributed by atoms with Crippen LogP contribution in [0.5, 0.6) is 5.75 Å². The fraction of sp³-hybridized carbons (Fsp3) is 0.115. The Morgan fingerprint density at radius 3 is 2.62 bits per heavy atom. The average molecular weight is 582 g/mol. The van der Waals surface area contributed by atoms with E-state index in [0.29, 0.717) is 39.2 Å². The van der Waals surface area contributed by atoms with E-state index in [9.17, 15) is 19.7 Å². The Kier molecular flexibility index (Phi) is 8.04. The topological polar surface area (TPSA) is 122 Å². The van der Waals surface area contributed by atoms with Crippen molar-refractivity contribution in [3.63, 3.8) is 0 Å². The smallest absolute Gasteiger partial charge is 0.335 e. The van der Waals surface area contributed by atoms with Gasteiger partial charge in [-0.2, -0.15) is 0 Å². The van der Waals surface area contributed by atoms with Crippen molar-refractivity contribution >= 4 is 62.2 Å². The molecule has 1 N–H and O–H groups in total. The number of nitrogens with zero attached hydrogens (tertiary/aromatic N) is 3. The highest BCUT2D eigenvalue weighted by Crippen LogP contribution is 2.36. The van der Waals surface area contributed by atoms with Crippen LogP contribution >= 0.6 is 27.7 Å². The van der Waals surface area contributed by atoms with Crippen LogP contribution in [0.3, 0.4) is 0 Å². The lowest BCUT2D eigenvalue weighted by Crippen LogP contribution is -2.28. The second-order valence-electron chi connectivity index (χ2n) is 7.80. The van der Waals surface area contributed by atoms with Gasteiger partial charge in [0.1, 0.15) is 12.4 Å². The quantitative estimate of drug-likeness (QED) is 0.189. The van der Waals surface area contributed by atoms with Gasteiger partial charge in [-0.1, -0.05) is 28.1 Å². The number of nitro benzene ring substituents is 1. The third-order valence-electron chi connectivity index (χ3n) is 5.32. The van der Waals surface area contributed by atoms with E-state index in [4.69, 9.17) is 9.84 Å². The number of rotatable bonds is 8. The number of nitro groups is 1. The summed E-state index contributed by atoms with van der Waals surface area (Å²) < 4.78 is 6.75. The van der Waals surface area contributed by atoms with Crippen LogP contribution < -0.4 is 4.74 Å². The minimum absolute atomic E-state index is 0.0173. The van der Waals surface area contributed by atoms with Crippen LogP contribution in [0.4, 0.5) is 11.4 Å². The van der Waals surface area contributed by atoms with Crippen molar-refractivity contribution in [2.45, 2.75) is 13.5 Å². The van der Waals surface area contributed by atoms with Crippen LogP contribution in [0.15, 0.2) is 81.1 Å². The molecule has 188 valence electrons.